The summed E-state index contributed by atoms with van der Waals surface area (Å²) in [5.41, 5.74) is 0.835. The van der Waals surface area contributed by atoms with E-state index in [1.54, 1.807) is 0 Å². The first-order valence-electron chi connectivity index (χ1n) is 3.61. The zero-order chi connectivity index (χ0) is 10.1. The molecule has 0 bridgehead atoms. The van der Waals surface area contributed by atoms with Gasteiger partial charge in [0.2, 0.25) is 5.82 Å². The van der Waals surface area contributed by atoms with Crippen molar-refractivity contribution < 1.29 is 4.52 Å². The van der Waals surface area contributed by atoms with Gasteiger partial charge in [-0.25, -0.2) is 0 Å². The van der Waals surface area contributed by atoms with Gasteiger partial charge in [-0.2, -0.15) is 4.98 Å². The van der Waals surface area contributed by atoms with Crippen LogP contribution in [0.3, 0.4) is 0 Å². The average Bonchev–Trinajstić information content (AvgIpc) is 2.50. The SMILES string of the molecule is Clc1nc(-c2cc(Br)cc(Br)c2)no1. The molecule has 0 amide bonds. The molecule has 0 spiro atoms. The Morgan fingerprint density at radius 1 is 1.14 bits per heavy atom. The second-order valence-corrected chi connectivity index (χ2v) is 4.68. The third-order valence-corrected chi connectivity index (χ3v) is 2.59. The highest BCUT2D eigenvalue weighted by Crippen LogP contribution is 2.26. The minimum atomic E-state index is 0.0381. The van der Waals surface area contributed by atoms with E-state index >= 15 is 0 Å². The Balaban J connectivity index is 2.51. The topological polar surface area (TPSA) is 38.9 Å². The summed E-state index contributed by atoms with van der Waals surface area (Å²) in [6.07, 6.45) is 0. The molecular formula is C8H3Br2ClN2O. The zero-order valence-corrected chi connectivity index (χ0v) is 10.6. The van der Waals surface area contributed by atoms with Crippen LogP contribution < -0.4 is 0 Å². The summed E-state index contributed by atoms with van der Waals surface area (Å²) in [6, 6.07) is 5.68. The maximum Gasteiger partial charge on any atom is 0.320 e. The lowest BCUT2D eigenvalue weighted by Crippen LogP contribution is -1.80. The summed E-state index contributed by atoms with van der Waals surface area (Å²) in [7, 11) is 0. The van der Waals surface area contributed by atoms with E-state index in [0.29, 0.717) is 5.82 Å². The average molecular weight is 338 g/mol. The Morgan fingerprint density at radius 2 is 1.79 bits per heavy atom. The Hall–Kier alpha value is -0.390. The van der Waals surface area contributed by atoms with Gasteiger partial charge >= 0.3 is 5.35 Å². The first kappa shape index (κ1) is 10.1. The quantitative estimate of drug-likeness (QED) is 0.791. The molecule has 72 valence electrons. The molecule has 2 aromatic rings. The first-order chi connectivity index (χ1) is 6.65. The van der Waals surface area contributed by atoms with E-state index in [-0.39, 0.29) is 5.35 Å². The van der Waals surface area contributed by atoms with Crippen LogP contribution >= 0.6 is 43.5 Å². The largest absolute Gasteiger partial charge is 0.321 e. The second kappa shape index (κ2) is 4.00. The molecule has 1 aromatic carbocycles. The predicted molar refractivity (Wildman–Crippen MR) is 60.1 cm³/mol. The van der Waals surface area contributed by atoms with Crippen LogP contribution in [0.15, 0.2) is 31.7 Å². The van der Waals surface area contributed by atoms with Gasteiger partial charge in [0.05, 0.1) is 0 Å². The Labute approximate surface area is 102 Å². The molecule has 0 saturated heterocycles. The smallest absolute Gasteiger partial charge is 0.320 e. The molecule has 0 radical (unpaired) electrons. The number of hydrogen-bond donors (Lipinski definition) is 0. The lowest BCUT2D eigenvalue weighted by Gasteiger charge is -1.97. The van der Waals surface area contributed by atoms with Crippen molar-refractivity contribution in [2.24, 2.45) is 0 Å². The summed E-state index contributed by atoms with van der Waals surface area (Å²) in [5.74, 6) is 0.469. The molecule has 6 heteroatoms. The standard InChI is InChI=1S/C8H3Br2ClN2O/c9-5-1-4(2-6(10)3-5)7-12-8(11)14-13-7/h1-3H. The zero-order valence-electron chi connectivity index (χ0n) is 6.67. The van der Waals surface area contributed by atoms with Gasteiger partial charge in [0.1, 0.15) is 0 Å². The fourth-order valence-electron chi connectivity index (χ4n) is 1.01. The minimum Gasteiger partial charge on any atom is -0.321 e. The summed E-state index contributed by atoms with van der Waals surface area (Å²) < 4.78 is 6.54. The van der Waals surface area contributed by atoms with Gasteiger partial charge in [-0.15, -0.1) is 0 Å². The van der Waals surface area contributed by atoms with E-state index in [4.69, 9.17) is 11.6 Å². The van der Waals surface area contributed by atoms with Crippen molar-refractivity contribution in [3.63, 3.8) is 0 Å². The summed E-state index contributed by atoms with van der Waals surface area (Å²) >= 11 is 12.3. The van der Waals surface area contributed by atoms with Gasteiger partial charge in [-0.05, 0) is 29.8 Å². The van der Waals surface area contributed by atoms with E-state index in [9.17, 15) is 0 Å². The summed E-state index contributed by atoms with van der Waals surface area (Å²) in [6.45, 7) is 0. The van der Waals surface area contributed by atoms with Gasteiger partial charge in [0.15, 0.2) is 0 Å². The summed E-state index contributed by atoms with van der Waals surface area (Å²) in [4.78, 5) is 3.91. The first-order valence-corrected chi connectivity index (χ1v) is 5.57. The van der Waals surface area contributed by atoms with Crippen LogP contribution in [0.5, 0.6) is 0 Å². The lowest BCUT2D eigenvalue weighted by molar-refractivity contribution is 0.421. The van der Waals surface area contributed by atoms with Gasteiger partial charge in [-0.3, -0.25) is 0 Å². The molecule has 0 aliphatic carbocycles. The maximum atomic E-state index is 5.53. The molecule has 3 nitrogen and oxygen atoms in total. The molecule has 0 atom stereocenters. The minimum absolute atomic E-state index is 0.0381. The molecule has 0 fully saturated rings. The molecule has 0 aliphatic heterocycles. The van der Waals surface area contributed by atoms with Crippen molar-refractivity contribution in [3.8, 4) is 11.4 Å². The van der Waals surface area contributed by atoms with Crippen molar-refractivity contribution in [2.75, 3.05) is 0 Å². The van der Waals surface area contributed by atoms with Crippen molar-refractivity contribution >= 4 is 43.5 Å². The van der Waals surface area contributed by atoms with E-state index in [0.717, 1.165) is 14.5 Å². The number of rotatable bonds is 1. The molecule has 2 rings (SSSR count). The number of nitrogens with zero attached hydrogens (tertiary/aromatic N) is 2. The van der Waals surface area contributed by atoms with Crippen LogP contribution in [0.25, 0.3) is 11.4 Å². The number of hydrogen-bond acceptors (Lipinski definition) is 3. The van der Waals surface area contributed by atoms with Crippen molar-refractivity contribution in [1.82, 2.24) is 10.1 Å². The van der Waals surface area contributed by atoms with Crippen LogP contribution in [-0.4, -0.2) is 10.1 Å². The normalized spacial score (nSPS) is 10.5. The van der Waals surface area contributed by atoms with Crippen molar-refractivity contribution in [3.05, 3.63) is 32.5 Å². The highest BCUT2D eigenvalue weighted by atomic mass is 79.9. The second-order valence-electron chi connectivity index (χ2n) is 2.53. The molecule has 0 aliphatic rings. The van der Waals surface area contributed by atoms with E-state index in [1.807, 2.05) is 18.2 Å². The van der Waals surface area contributed by atoms with Crippen LogP contribution in [0.4, 0.5) is 0 Å². The Morgan fingerprint density at radius 3 is 2.29 bits per heavy atom. The molecule has 0 saturated carbocycles. The number of aromatic nitrogens is 2. The van der Waals surface area contributed by atoms with Crippen LogP contribution in [0.1, 0.15) is 0 Å². The highest BCUT2D eigenvalue weighted by Gasteiger charge is 2.07. The predicted octanol–water partition coefficient (Wildman–Crippen LogP) is 3.92. The highest BCUT2D eigenvalue weighted by molar-refractivity contribution is 9.11. The van der Waals surface area contributed by atoms with Crippen LogP contribution in [-0.2, 0) is 0 Å². The summed E-state index contributed by atoms with van der Waals surface area (Å²) in [5, 5.41) is 3.75. The van der Waals surface area contributed by atoms with Crippen molar-refractivity contribution in [1.29, 1.82) is 0 Å². The number of halogens is 3. The van der Waals surface area contributed by atoms with Crippen molar-refractivity contribution in [2.45, 2.75) is 0 Å². The monoisotopic (exact) mass is 336 g/mol. The van der Waals surface area contributed by atoms with E-state index in [2.05, 4.69) is 46.5 Å². The Bertz CT molecular complexity index is 452. The molecule has 14 heavy (non-hydrogen) atoms. The molecular weight excluding hydrogens is 335 g/mol. The van der Waals surface area contributed by atoms with Crippen LogP contribution in [0.2, 0.25) is 5.35 Å². The van der Waals surface area contributed by atoms with Gasteiger partial charge in [0.25, 0.3) is 0 Å². The Kier molecular flexibility index (Phi) is 2.90. The molecule has 0 unspecified atom stereocenters. The third-order valence-electron chi connectivity index (χ3n) is 1.52. The van der Waals surface area contributed by atoms with Crippen LogP contribution in [0, 0.1) is 0 Å². The van der Waals surface area contributed by atoms with Gasteiger partial charge in [-0.1, -0.05) is 37.0 Å². The fraction of sp³-hybridized carbons (Fsp3) is 0. The number of benzene rings is 1. The molecule has 1 heterocycles. The van der Waals surface area contributed by atoms with E-state index < -0.39 is 0 Å². The maximum absolute atomic E-state index is 5.53. The van der Waals surface area contributed by atoms with Gasteiger partial charge < -0.3 is 4.52 Å². The third kappa shape index (κ3) is 2.16. The van der Waals surface area contributed by atoms with Gasteiger partial charge in [0, 0.05) is 14.5 Å². The fourth-order valence-corrected chi connectivity index (χ4v) is 2.41. The molecule has 0 N–H and O–H groups in total. The lowest BCUT2D eigenvalue weighted by atomic mass is 10.2. The molecule has 1 aromatic heterocycles. The van der Waals surface area contributed by atoms with E-state index in [1.165, 1.54) is 0 Å².